The Morgan fingerprint density at radius 3 is 1.46 bits per heavy atom. The molecular weight excluding hydrogens is 1860 g/mol. The monoisotopic (exact) mass is 2020 g/mol. The fraction of sp³-hybridized carbons (Fsp3) is 0.643. The Balaban J connectivity index is 0.000000185. The van der Waals surface area contributed by atoms with Gasteiger partial charge in [0.2, 0.25) is 17.7 Å². The quantitative estimate of drug-likeness (QED) is 0.0231. The van der Waals surface area contributed by atoms with Gasteiger partial charge in [-0.15, -0.1) is 22.7 Å². The molecule has 2 spiro atoms. The molecule has 2 aromatic carbocycles. The zero-order chi connectivity index (χ0) is 100. The van der Waals surface area contributed by atoms with Crippen LogP contribution in [0, 0.1) is 45.3 Å². The van der Waals surface area contributed by atoms with Crippen molar-refractivity contribution < 1.29 is 77.9 Å². The molecule has 5 amide bonds. The summed E-state index contributed by atoms with van der Waals surface area (Å²) < 4.78 is 32.7. The maximum atomic E-state index is 15.1. The van der Waals surface area contributed by atoms with E-state index in [4.69, 9.17) is 30.8 Å². The summed E-state index contributed by atoms with van der Waals surface area (Å²) in [4.78, 5) is 143. The predicted molar refractivity (Wildman–Crippen MR) is 561 cm³/mol. The van der Waals surface area contributed by atoms with E-state index in [2.05, 4.69) is 196 Å². The number of esters is 2. The minimum atomic E-state index is -1.00. The van der Waals surface area contributed by atoms with Crippen LogP contribution in [-0.2, 0) is 86.6 Å². The molecule has 6 aromatic heterocycles. The largest absolute Gasteiger partial charge is 1.00 e. The van der Waals surface area contributed by atoms with E-state index in [-0.39, 0.29) is 158 Å². The van der Waals surface area contributed by atoms with Gasteiger partial charge in [0, 0.05) is 167 Å². The summed E-state index contributed by atoms with van der Waals surface area (Å²) in [5.74, 6) is 1.24. The number of likely N-dealkylation sites (tertiary alicyclic amines) is 3. The minimum Gasteiger partial charge on any atom is -0.870 e. The molecule has 8 saturated heterocycles. The summed E-state index contributed by atoms with van der Waals surface area (Å²) >= 11 is 3.04. The summed E-state index contributed by atoms with van der Waals surface area (Å²) in [7, 11) is 3.10. The summed E-state index contributed by atoms with van der Waals surface area (Å²) in [6.07, 6.45) is 27.6. The van der Waals surface area contributed by atoms with E-state index in [9.17, 15) is 38.0 Å². The molecule has 22 rings (SSSR count). The van der Waals surface area contributed by atoms with Crippen molar-refractivity contribution in [2.45, 2.75) is 316 Å². The van der Waals surface area contributed by atoms with E-state index < -0.39 is 42.2 Å². The second kappa shape index (κ2) is 45.6. The van der Waals surface area contributed by atoms with Gasteiger partial charge in [-0.25, -0.2) is 27.1 Å². The van der Waals surface area contributed by atoms with Crippen molar-refractivity contribution in [1.29, 1.82) is 0 Å². The Hall–Kier alpha value is -8.75. The number of alkyl halides is 1. The van der Waals surface area contributed by atoms with Crippen molar-refractivity contribution in [2.75, 3.05) is 99.9 Å². The standard InChI is InChI=1S/C55H73N9O5S.C48H64N8O4S.C7H10NO.CH3F.CH4.Li.H2O/c1-7-63-43-19-18-36-26-38(43)39(48(63)37-14-10-22-56-45(37)33(2)3)28-54(4,5)32-69-53(68)40-15-11-23-64(59-40)51(66)41(27-44-57-42(36)29-70-44)58-50(65)47(34-12-8-9-13-34)61-24-20-55(30-61)21-25-62(31-55)52(67)49-46(60(49)6)35-16-17-35;1-6-55-39-16-15-32-23-34(39)35(43(55)33-13-9-19-50-41(33)30(2)3)25-47(4,5)29-60-46(59)36-14-10-21-56(53-36)45(58)37(24-40-51-38(32)26-61-40)52-44(57)42(31-11-7-8-12-31)54-22-18-48(28-54)17-20-49-27-48;1-8-6(4-9)7(8)5-2-3-5;1-2;;;/h10,14,18-19,22,26,29,33-35,40-41,46-47,49,59H,7-9,11-13,15-17,20-21,23-25,27-28,30-32H2,1-6H3,(H,58,65);9,13,15-16,19,23,26,30-31,36-37,42,49,53H,6-8,10-12,14,17-18,20-22,24-25,27-29H2,1-5H3,(H,52,57);5-7H,2-3H2,1H3;1H3;1H4;;1H2/q;;-1;;;+1;/p-1/t40-,41-,46+,47-,49+,55-,60?;36-,37-,42-,48-;6-,7+,8?;;;;/m000..../s1/i;;;1D;;;. The number of carbonyl (C=O) groups excluding carboxylic acids is 8. The van der Waals surface area contributed by atoms with Crippen LogP contribution in [0.15, 0.2) is 83.8 Å². The fourth-order valence-corrected chi connectivity index (χ4v) is 27.8. The number of aryl methyl sites for hydroxylation is 2. The number of halogens is 1. The van der Waals surface area contributed by atoms with Crippen LogP contribution in [0.25, 0.3) is 66.8 Å². The second-order valence-electron chi connectivity index (χ2n) is 45.9. The van der Waals surface area contributed by atoms with Crippen LogP contribution in [0.5, 0.6) is 0 Å². The molecule has 0 radical (unpaired) electrons. The van der Waals surface area contributed by atoms with Crippen molar-refractivity contribution in [3.63, 3.8) is 0 Å². The molecule has 4 aliphatic carbocycles. The van der Waals surface area contributed by atoms with E-state index in [1.54, 1.807) is 10.0 Å². The molecular formula is C112H155FLiN18O11S2-. The van der Waals surface area contributed by atoms with Crippen molar-refractivity contribution in [2.24, 2.45) is 45.3 Å². The molecule has 8 aromatic rings. The molecule has 2 unspecified atom stereocenters. The third-order valence-electron chi connectivity index (χ3n) is 33.8. The van der Waals surface area contributed by atoms with Gasteiger partial charge in [-0.1, -0.05) is 107 Å². The summed E-state index contributed by atoms with van der Waals surface area (Å²) in [5.41, 5.74) is 20.8. The Morgan fingerprint density at radius 2 is 1.03 bits per heavy atom. The minimum absolute atomic E-state index is 0. The number of aromatic nitrogens is 6. The number of pyridine rings is 2. The Labute approximate surface area is 877 Å². The fourth-order valence-electron chi connectivity index (χ4n) is 26.1. The van der Waals surface area contributed by atoms with Crippen LogP contribution in [0.1, 0.15) is 251 Å². The number of nitrogens with zero attached hydrogens (tertiary/aromatic N) is 13. The number of likely N-dealkylation sites (N-methyl/N-ethyl adjacent to an activating group) is 2. The van der Waals surface area contributed by atoms with Gasteiger partial charge >= 0.3 is 30.8 Å². The third kappa shape index (κ3) is 23.0. The number of hydrogen-bond donors (Lipinski definition) is 5. The van der Waals surface area contributed by atoms with Gasteiger partial charge in [-0.2, -0.15) is 0 Å². The van der Waals surface area contributed by atoms with Crippen molar-refractivity contribution in [3.8, 4) is 45.0 Å². The number of hydrogen-bond acceptors (Lipinski definition) is 24. The zero-order valence-electron chi connectivity index (χ0n) is 87.9. The molecule has 33 heteroatoms. The number of carbonyl (C=O) groups is 7. The topological polar surface area (TPSA) is 329 Å². The van der Waals surface area contributed by atoms with Gasteiger partial charge in [-0.05, 0) is 264 Å². The van der Waals surface area contributed by atoms with Gasteiger partial charge in [0.25, 0.3) is 11.8 Å². The number of hydrazine groups is 2. The molecule has 4 saturated carbocycles. The van der Waals surface area contributed by atoms with Gasteiger partial charge < -0.3 is 54.6 Å². The molecule has 14 aliphatic rings. The van der Waals surface area contributed by atoms with Crippen LogP contribution in [0.4, 0.5) is 4.39 Å². The molecule has 780 valence electrons. The van der Waals surface area contributed by atoms with Gasteiger partial charge in [-0.3, -0.25) is 72.6 Å². The molecule has 145 heavy (non-hydrogen) atoms. The second-order valence-corrected chi connectivity index (χ2v) is 47.8. The third-order valence-corrected chi connectivity index (χ3v) is 35.6. The molecule has 29 nitrogen and oxygen atoms in total. The van der Waals surface area contributed by atoms with E-state index >= 15 is 4.79 Å². The Morgan fingerprint density at radius 1 is 0.586 bits per heavy atom. The van der Waals surface area contributed by atoms with E-state index in [0.717, 1.165) is 237 Å². The maximum Gasteiger partial charge on any atom is 1.00 e. The van der Waals surface area contributed by atoms with Crippen LogP contribution in [0.3, 0.4) is 0 Å². The average Bonchev–Trinajstić information content (AvgIpc) is 1.64. The van der Waals surface area contributed by atoms with Crippen molar-refractivity contribution in [1.82, 2.24) is 90.4 Å². The average molecular weight is 2020 g/mol. The summed E-state index contributed by atoms with van der Waals surface area (Å²) in [6, 6.07) is 19.0. The first-order valence-electron chi connectivity index (χ1n) is 53.9. The van der Waals surface area contributed by atoms with E-state index in [1.165, 1.54) is 59.5 Å². The van der Waals surface area contributed by atoms with Gasteiger partial charge in [0.05, 0.1) is 78.0 Å². The molecule has 12 fully saturated rings. The maximum absolute atomic E-state index is 15.1. The number of amides is 5. The Kier molecular flexibility index (Phi) is 33.8. The van der Waals surface area contributed by atoms with Crippen LogP contribution in [-0.4, -0.2) is 277 Å². The van der Waals surface area contributed by atoms with Crippen LogP contribution in [0.2, 0.25) is 0 Å². The first kappa shape index (κ1) is 108. The number of benzene rings is 2. The van der Waals surface area contributed by atoms with Crippen LogP contribution >= 0.6 is 22.7 Å². The summed E-state index contributed by atoms with van der Waals surface area (Å²) in [5, 5.41) is 21.3. The smallest absolute Gasteiger partial charge is 0.870 e. The van der Waals surface area contributed by atoms with Gasteiger partial charge in [0.1, 0.15) is 30.2 Å². The first-order chi connectivity index (χ1) is 68.9. The predicted octanol–water partition coefficient (Wildman–Crippen LogP) is 12.3. The molecule has 16 heterocycles. The van der Waals surface area contributed by atoms with E-state index in [1.807, 2.05) is 37.9 Å². The van der Waals surface area contributed by atoms with E-state index in [0.29, 0.717) is 69.6 Å². The van der Waals surface area contributed by atoms with Crippen molar-refractivity contribution in [3.05, 3.63) is 116 Å². The number of cyclic esters (lactones) is 2. The van der Waals surface area contributed by atoms with Crippen LogP contribution < -0.4 is 45.7 Å². The first-order valence-corrected chi connectivity index (χ1v) is 55.0. The number of rotatable bonds is 18. The summed E-state index contributed by atoms with van der Waals surface area (Å²) in [6.45, 7) is 31.5. The number of fused-ring (bicyclic) bond motifs is 12. The SMILES string of the molecule is C.CCn1c(-c2cccnc2C(C)C)c2c3cc(ccc31)-c1csc(n1)C[C@H](NC(=O)[C@H](C1CCCC1)N1CC[C@]3(CCN(C(=O)[C@H]4[C@@H](C5CC5)N4C)C3)C1)C(=O)N1CCC[C@H](N1)C(=O)OCC(C)(C)C2.CCn1c(-c2cccnc2C(C)C)c2c3cc(ccc31)-c1csc(n1)C[C@H](NC(=O)[C@H](C1CCCC1)N1CC[C@]3(CCNC3)C1)C(=O)N1CCC[C@H](N1)C(=O)OCC(C)(C)C2.CN1[C@H](C2CC2)[C@@H]1[C-]=O.[2H]CF.[Li+].[OH-]. The Bertz CT molecular complexity index is 6000. The number of nitrogens with one attached hydrogen (secondary N) is 5. The molecule has 10 aliphatic heterocycles. The molecule has 14 atom stereocenters. The number of thiazole rings is 2. The zero-order valence-corrected chi connectivity index (χ0v) is 88.6. The number of ether oxygens (including phenoxy) is 2. The molecule has 12 bridgehead atoms. The normalized spacial score (nSPS) is 28.0. The molecule has 6 N–H and O–H groups in total. The van der Waals surface area contributed by atoms with Crippen molar-refractivity contribution >= 4 is 92.2 Å². The van der Waals surface area contributed by atoms with Gasteiger partial charge in [0.15, 0.2) is 0 Å².